The Bertz CT molecular complexity index is 1330. The van der Waals surface area contributed by atoms with Crippen LogP contribution in [-0.2, 0) is 0 Å². The largest absolute Gasteiger partial charge is 0.494 e. The van der Waals surface area contributed by atoms with Crippen molar-refractivity contribution in [2.75, 3.05) is 30.8 Å². The average Bonchev–Trinajstić information content (AvgIpc) is 3.31. The van der Waals surface area contributed by atoms with Crippen LogP contribution < -0.4 is 15.4 Å². The summed E-state index contributed by atoms with van der Waals surface area (Å²) >= 11 is 0. The molecule has 2 fully saturated rings. The van der Waals surface area contributed by atoms with Gasteiger partial charge in [0.25, 0.3) is 5.92 Å². The van der Waals surface area contributed by atoms with Crippen LogP contribution >= 0.6 is 0 Å². The Kier molecular flexibility index (Phi) is 4.05. The number of methoxy groups -OCH3 is 1. The lowest BCUT2D eigenvalue weighted by Crippen LogP contribution is -2.46. The normalized spacial score (nSPS) is 20.8. The Morgan fingerprint density at radius 2 is 2.06 bits per heavy atom. The lowest BCUT2D eigenvalue weighted by molar-refractivity contribution is -0.0191. The van der Waals surface area contributed by atoms with Gasteiger partial charge < -0.3 is 15.4 Å². The van der Waals surface area contributed by atoms with Crippen molar-refractivity contribution in [2.24, 2.45) is 0 Å². The Morgan fingerprint density at radius 3 is 2.84 bits per heavy atom. The molecule has 4 aromatic rings. The number of piperidine rings is 1. The van der Waals surface area contributed by atoms with Crippen LogP contribution in [0, 0.1) is 0 Å². The van der Waals surface area contributed by atoms with E-state index in [2.05, 4.69) is 20.2 Å². The third-order valence-corrected chi connectivity index (χ3v) is 6.17. The quantitative estimate of drug-likeness (QED) is 0.521. The summed E-state index contributed by atoms with van der Waals surface area (Å²) in [5.41, 5.74) is 7.85. The first kappa shape index (κ1) is 19.2. The van der Waals surface area contributed by atoms with Gasteiger partial charge in [0.05, 0.1) is 31.6 Å². The molecule has 2 N–H and O–H groups in total. The van der Waals surface area contributed by atoms with Crippen molar-refractivity contribution in [3.05, 3.63) is 36.4 Å². The van der Waals surface area contributed by atoms with Gasteiger partial charge in [-0.1, -0.05) is 6.07 Å². The number of benzene rings is 1. The van der Waals surface area contributed by atoms with E-state index in [1.165, 1.54) is 4.52 Å². The van der Waals surface area contributed by atoms with E-state index in [-0.39, 0.29) is 18.9 Å². The van der Waals surface area contributed by atoms with Crippen LogP contribution in [0.15, 0.2) is 30.6 Å². The molecule has 1 aliphatic heterocycles. The second-order valence-electron chi connectivity index (χ2n) is 8.58. The Balaban J connectivity index is 1.40. The summed E-state index contributed by atoms with van der Waals surface area (Å²) < 4.78 is 38.2. The number of halogens is 2. The van der Waals surface area contributed by atoms with Crippen LogP contribution in [0.3, 0.4) is 0 Å². The third-order valence-electron chi connectivity index (χ3n) is 6.17. The van der Waals surface area contributed by atoms with E-state index in [9.17, 15) is 8.78 Å². The number of nitrogens with zero attached hydrogens (tertiary/aromatic N) is 7. The highest BCUT2D eigenvalue weighted by atomic mass is 19.3. The van der Waals surface area contributed by atoms with E-state index in [0.717, 1.165) is 12.8 Å². The van der Waals surface area contributed by atoms with Gasteiger partial charge in [0.2, 0.25) is 5.95 Å². The molecule has 166 valence electrons. The lowest BCUT2D eigenvalue weighted by Gasteiger charge is -2.37. The van der Waals surface area contributed by atoms with Gasteiger partial charge in [-0.2, -0.15) is 9.61 Å². The van der Waals surface area contributed by atoms with Gasteiger partial charge in [-0.05, 0) is 25.0 Å². The standard InChI is InChI=1S/C21H22F2N8O/c1-32-16-4-2-3-15-17(16)26-20(24)31-19(15)27-18(28-31)12-7-21(22,23)11-29(9-12)14-8-25-30(10-14)13-5-6-13/h2-4,8,10,12-13H,5-7,9,11H2,1H3,(H2,24,26)/t12-/m1/s1. The summed E-state index contributed by atoms with van der Waals surface area (Å²) in [6.45, 7) is 0.0223. The van der Waals surface area contributed by atoms with Gasteiger partial charge >= 0.3 is 0 Å². The molecule has 0 unspecified atom stereocenters. The highest BCUT2D eigenvalue weighted by Gasteiger charge is 2.43. The van der Waals surface area contributed by atoms with Crippen LogP contribution in [0.4, 0.5) is 20.4 Å². The first-order chi connectivity index (χ1) is 15.4. The van der Waals surface area contributed by atoms with Crippen molar-refractivity contribution < 1.29 is 13.5 Å². The molecule has 4 heterocycles. The maximum Gasteiger partial charge on any atom is 0.266 e. The van der Waals surface area contributed by atoms with Gasteiger partial charge in [0, 0.05) is 30.5 Å². The molecule has 1 aromatic carbocycles. The molecule has 1 aliphatic carbocycles. The first-order valence-corrected chi connectivity index (χ1v) is 10.6. The van der Waals surface area contributed by atoms with E-state index in [4.69, 9.17) is 10.5 Å². The highest BCUT2D eigenvalue weighted by Crippen LogP contribution is 2.39. The average molecular weight is 440 g/mol. The third kappa shape index (κ3) is 3.10. The second-order valence-corrected chi connectivity index (χ2v) is 8.58. The zero-order valence-electron chi connectivity index (χ0n) is 17.4. The number of anilines is 2. The number of aromatic nitrogens is 6. The fraction of sp³-hybridized carbons (Fsp3) is 0.429. The first-order valence-electron chi connectivity index (χ1n) is 10.6. The molecule has 0 radical (unpaired) electrons. The lowest BCUT2D eigenvalue weighted by atomic mass is 9.94. The topological polar surface area (TPSA) is 99.4 Å². The molecule has 9 nitrogen and oxygen atoms in total. The minimum Gasteiger partial charge on any atom is -0.494 e. The summed E-state index contributed by atoms with van der Waals surface area (Å²) in [5, 5.41) is 9.53. The Hall–Kier alpha value is -3.50. The van der Waals surface area contributed by atoms with Crippen molar-refractivity contribution >= 4 is 28.2 Å². The van der Waals surface area contributed by atoms with Gasteiger partial charge in [0.15, 0.2) is 11.5 Å². The minimum atomic E-state index is -2.88. The van der Waals surface area contributed by atoms with Crippen molar-refractivity contribution in [2.45, 2.75) is 37.1 Å². The summed E-state index contributed by atoms with van der Waals surface area (Å²) in [6.07, 6.45) is 5.36. The molecule has 0 bridgehead atoms. The van der Waals surface area contributed by atoms with E-state index >= 15 is 0 Å². The SMILES string of the molecule is COc1cccc2c1nc(N)n1nc([C@H]3CN(c4cnn(C5CC5)c4)CC(F)(F)C3)nc21. The molecule has 1 atom stereocenters. The number of ether oxygens (including phenoxy) is 1. The van der Waals surface area contributed by atoms with Gasteiger partial charge in [-0.3, -0.25) is 4.68 Å². The summed E-state index contributed by atoms with van der Waals surface area (Å²) in [7, 11) is 1.55. The van der Waals surface area contributed by atoms with E-state index in [0.29, 0.717) is 46.4 Å². The molecular weight excluding hydrogens is 418 g/mol. The number of hydrogen-bond acceptors (Lipinski definition) is 7. The Labute approximate surface area is 181 Å². The fourth-order valence-corrected chi connectivity index (χ4v) is 4.48. The van der Waals surface area contributed by atoms with Crippen molar-refractivity contribution in [3.63, 3.8) is 0 Å². The Morgan fingerprint density at radius 1 is 1.22 bits per heavy atom. The predicted octanol–water partition coefficient (Wildman–Crippen LogP) is 3.03. The molecule has 11 heteroatoms. The number of rotatable bonds is 4. The number of para-hydroxylation sites is 1. The number of fused-ring (bicyclic) bond motifs is 3. The van der Waals surface area contributed by atoms with Gasteiger partial charge in [0.1, 0.15) is 11.3 Å². The zero-order valence-corrected chi connectivity index (χ0v) is 17.4. The maximum absolute atomic E-state index is 14.8. The van der Waals surface area contributed by atoms with Crippen LogP contribution in [0.5, 0.6) is 5.75 Å². The second kappa shape index (κ2) is 6.75. The van der Waals surface area contributed by atoms with Gasteiger partial charge in [-0.25, -0.2) is 18.7 Å². The number of alkyl halides is 2. The fourth-order valence-electron chi connectivity index (χ4n) is 4.48. The van der Waals surface area contributed by atoms with E-state index < -0.39 is 11.8 Å². The van der Waals surface area contributed by atoms with Crippen molar-refractivity contribution in [3.8, 4) is 5.75 Å². The minimum absolute atomic E-state index is 0.126. The zero-order chi connectivity index (χ0) is 22.0. The summed E-state index contributed by atoms with van der Waals surface area (Å²) in [6, 6.07) is 5.84. The number of hydrogen-bond donors (Lipinski definition) is 1. The molecule has 0 amide bonds. The van der Waals surface area contributed by atoms with Gasteiger partial charge in [-0.15, -0.1) is 5.10 Å². The van der Waals surface area contributed by atoms with Crippen molar-refractivity contribution in [1.29, 1.82) is 0 Å². The monoisotopic (exact) mass is 440 g/mol. The van der Waals surface area contributed by atoms with Crippen LogP contribution in [0.25, 0.3) is 16.6 Å². The molecule has 1 saturated heterocycles. The van der Waals surface area contributed by atoms with Crippen LogP contribution in [-0.4, -0.2) is 55.5 Å². The predicted molar refractivity (Wildman–Crippen MR) is 114 cm³/mol. The maximum atomic E-state index is 14.8. The molecule has 32 heavy (non-hydrogen) atoms. The van der Waals surface area contributed by atoms with E-state index in [1.807, 2.05) is 23.0 Å². The number of nitrogens with two attached hydrogens (primary N) is 1. The molecular formula is C21H22F2N8O. The molecule has 0 spiro atoms. The molecule has 2 aliphatic rings. The summed E-state index contributed by atoms with van der Waals surface area (Å²) in [4.78, 5) is 10.7. The van der Waals surface area contributed by atoms with Crippen molar-refractivity contribution in [1.82, 2.24) is 29.4 Å². The molecule has 1 saturated carbocycles. The van der Waals surface area contributed by atoms with Crippen LogP contribution in [0.2, 0.25) is 0 Å². The smallest absolute Gasteiger partial charge is 0.266 e. The number of nitrogen functional groups attached to an aromatic ring is 1. The molecule has 3 aromatic heterocycles. The van der Waals surface area contributed by atoms with Crippen LogP contribution in [0.1, 0.15) is 37.0 Å². The van der Waals surface area contributed by atoms with E-state index in [1.54, 1.807) is 24.3 Å². The summed E-state index contributed by atoms with van der Waals surface area (Å²) in [5.74, 6) is -2.43. The molecule has 6 rings (SSSR count). The highest BCUT2D eigenvalue weighted by molar-refractivity contribution is 5.95.